The van der Waals surface area contributed by atoms with Crippen molar-refractivity contribution in [3.05, 3.63) is 22.0 Å². The molecule has 3 rings (SSSR count). The normalized spacial score (nSPS) is 14.7. The highest BCUT2D eigenvalue weighted by molar-refractivity contribution is 8.01. The zero-order valence-electron chi connectivity index (χ0n) is 13.3. The molecule has 0 spiro atoms. The van der Waals surface area contributed by atoms with Gasteiger partial charge in [0.1, 0.15) is 5.01 Å². The first-order chi connectivity index (χ1) is 11.1. The Morgan fingerprint density at radius 1 is 1.48 bits per heavy atom. The van der Waals surface area contributed by atoms with Crippen molar-refractivity contribution in [2.75, 3.05) is 25.9 Å². The lowest BCUT2D eigenvalue weighted by Crippen LogP contribution is -2.30. The Morgan fingerprint density at radius 2 is 2.35 bits per heavy atom. The minimum Gasteiger partial charge on any atom is -0.351 e. The summed E-state index contributed by atoms with van der Waals surface area (Å²) >= 11 is 3.28. The van der Waals surface area contributed by atoms with Gasteiger partial charge in [-0.15, -0.1) is 10.2 Å². The molecule has 0 saturated carbocycles. The van der Waals surface area contributed by atoms with Gasteiger partial charge in [-0.05, 0) is 20.4 Å². The maximum absolute atomic E-state index is 12.3. The van der Waals surface area contributed by atoms with Crippen molar-refractivity contribution < 1.29 is 4.79 Å². The number of H-pyrrole nitrogens is 1. The molecule has 23 heavy (non-hydrogen) atoms. The van der Waals surface area contributed by atoms with Gasteiger partial charge in [0.05, 0.1) is 0 Å². The average Bonchev–Trinajstić information content (AvgIpc) is 3.12. The lowest BCUT2D eigenvalue weighted by Gasteiger charge is -2.22. The first-order valence-corrected chi connectivity index (χ1v) is 9.39. The number of hydrogen-bond donors (Lipinski definition) is 2. The summed E-state index contributed by atoms with van der Waals surface area (Å²) in [7, 11) is 2.06. The summed E-state index contributed by atoms with van der Waals surface area (Å²) in [6.45, 7) is 4.37. The fourth-order valence-corrected chi connectivity index (χ4v) is 4.30. The topological polar surface area (TPSA) is 86.8 Å². The summed E-state index contributed by atoms with van der Waals surface area (Å²) in [6, 6.07) is 0. The van der Waals surface area contributed by atoms with Crippen LogP contribution in [0.25, 0.3) is 0 Å². The van der Waals surface area contributed by atoms with Crippen LogP contribution in [0.5, 0.6) is 0 Å². The maximum Gasteiger partial charge on any atom is 0.272 e. The fraction of sp³-hybridized carbons (Fsp3) is 0.571. The SMILES string of the molecule is Cc1nnc(SCCCNC(=O)c2n[nH]c3c2CN(C)CC3)s1. The van der Waals surface area contributed by atoms with Gasteiger partial charge in [0.25, 0.3) is 5.91 Å². The molecule has 0 radical (unpaired) electrons. The Bertz CT molecular complexity index is 683. The van der Waals surface area contributed by atoms with Crippen LogP contribution in [0.2, 0.25) is 0 Å². The second kappa shape index (κ2) is 7.41. The molecule has 3 heterocycles. The lowest BCUT2D eigenvalue weighted by atomic mass is 10.1. The van der Waals surface area contributed by atoms with Gasteiger partial charge in [-0.2, -0.15) is 5.10 Å². The molecule has 0 unspecified atom stereocenters. The third-order valence-corrected chi connectivity index (χ3v) is 5.74. The average molecular weight is 352 g/mol. The van der Waals surface area contributed by atoms with E-state index in [1.165, 1.54) is 0 Å². The van der Waals surface area contributed by atoms with Crippen molar-refractivity contribution in [1.29, 1.82) is 0 Å². The molecule has 0 bridgehead atoms. The Morgan fingerprint density at radius 3 is 3.13 bits per heavy atom. The van der Waals surface area contributed by atoms with E-state index in [-0.39, 0.29) is 5.91 Å². The summed E-state index contributed by atoms with van der Waals surface area (Å²) in [5.41, 5.74) is 2.67. The number of thioether (sulfide) groups is 1. The Hall–Kier alpha value is -1.45. The van der Waals surface area contributed by atoms with Crippen molar-refractivity contribution in [3.8, 4) is 0 Å². The number of aromatic amines is 1. The van der Waals surface area contributed by atoms with Gasteiger partial charge < -0.3 is 10.2 Å². The molecule has 0 aliphatic carbocycles. The molecule has 7 nitrogen and oxygen atoms in total. The highest BCUT2D eigenvalue weighted by Crippen LogP contribution is 2.22. The van der Waals surface area contributed by atoms with Gasteiger partial charge in [0.2, 0.25) is 0 Å². The Labute approximate surface area is 143 Å². The summed E-state index contributed by atoms with van der Waals surface area (Å²) in [6.07, 6.45) is 1.81. The lowest BCUT2D eigenvalue weighted by molar-refractivity contribution is 0.0946. The van der Waals surface area contributed by atoms with Crippen LogP contribution in [0.15, 0.2) is 4.34 Å². The molecule has 2 aromatic rings. The van der Waals surface area contributed by atoms with Gasteiger partial charge in [-0.3, -0.25) is 9.89 Å². The predicted molar refractivity (Wildman–Crippen MR) is 90.9 cm³/mol. The number of likely N-dealkylation sites (N-methyl/N-ethyl adjacent to an activating group) is 1. The van der Waals surface area contributed by atoms with Crippen LogP contribution in [0.4, 0.5) is 0 Å². The van der Waals surface area contributed by atoms with Crippen LogP contribution in [0.1, 0.15) is 33.2 Å². The smallest absolute Gasteiger partial charge is 0.272 e. The minimum absolute atomic E-state index is 0.0884. The minimum atomic E-state index is -0.0884. The van der Waals surface area contributed by atoms with Crippen molar-refractivity contribution in [1.82, 2.24) is 30.6 Å². The van der Waals surface area contributed by atoms with E-state index in [1.54, 1.807) is 23.1 Å². The van der Waals surface area contributed by atoms with E-state index >= 15 is 0 Å². The molecular weight excluding hydrogens is 332 g/mol. The summed E-state index contributed by atoms with van der Waals surface area (Å²) in [5.74, 6) is 0.825. The van der Waals surface area contributed by atoms with E-state index in [4.69, 9.17) is 0 Å². The number of aromatic nitrogens is 4. The van der Waals surface area contributed by atoms with Gasteiger partial charge in [0, 0.05) is 43.1 Å². The number of nitrogens with one attached hydrogen (secondary N) is 2. The van der Waals surface area contributed by atoms with Crippen LogP contribution in [0, 0.1) is 6.92 Å². The number of nitrogens with zero attached hydrogens (tertiary/aromatic N) is 4. The highest BCUT2D eigenvalue weighted by atomic mass is 32.2. The molecule has 1 aliphatic rings. The zero-order chi connectivity index (χ0) is 16.2. The summed E-state index contributed by atoms with van der Waals surface area (Å²) < 4.78 is 0.984. The summed E-state index contributed by atoms with van der Waals surface area (Å²) in [5, 5.41) is 19.2. The second-order valence-corrected chi connectivity index (χ2v) is 8.09. The predicted octanol–water partition coefficient (Wildman–Crippen LogP) is 1.47. The molecule has 0 atom stereocenters. The summed E-state index contributed by atoms with van der Waals surface area (Å²) in [4.78, 5) is 14.5. The van der Waals surface area contributed by atoms with Crippen LogP contribution in [-0.2, 0) is 13.0 Å². The molecule has 0 saturated heterocycles. The number of hydrogen-bond acceptors (Lipinski definition) is 7. The number of rotatable bonds is 6. The van der Waals surface area contributed by atoms with E-state index in [1.807, 2.05) is 6.92 Å². The monoisotopic (exact) mass is 352 g/mol. The number of amides is 1. The van der Waals surface area contributed by atoms with Crippen LogP contribution < -0.4 is 5.32 Å². The molecule has 124 valence electrons. The van der Waals surface area contributed by atoms with E-state index in [2.05, 4.69) is 37.7 Å². The zero-order valence-corrected chi connectivity index (χ0v) is 14.9. The number of aryl methyl sites for hydroxylation is 1. The van der Waals surface area contributed by atoms with Crippen molar-refractivity contribution in [2.45, 2.75) is 30.6 Å². The van der Waals surface area contributed by atoms with Crippen LogP contribution in [-0.4, -0.2) is 57.1 Å². The maximum atomic E-state index is 12.3. The van der Waals surface area contributed by atoms with Gasteiger partial charge in [0.15, 0.2) is 10.0 Å². The van der Waals surface area contributed by atoms with Crippen molar-refractivity contribution >= 4 is 29.0 Å². The van der Waals surface area contributed by atoms with Gasteiger partial charge in [-0.1, -0.05) is 23.1 Å². The number of carbonyl (C=O) groups excluding carboxylic acids is 1. The van der Waals surface area contributed by atoms with E-state index < -0.39 is 0 Å². The van der Waals surface area contributed by atoms with Crippen LogP contribution >= 0.6 is 23.1 Å². The van der Waals surface area contributed by atoms with E-state index in [9.17, 15) is 4.79 Å². The standard InChI is InChI=1S/C14H20N6OS2/c1-9-16-19-14(23-9)22-7-3-5-15-13(21)12-10-8-20(2)6-4-11(10)17-18-12/h3-8H2,1-2H3,(H,15,21)(H,17,18). The largest absolute Gasteiger partial charge is 0.351 e. The quantitative estimate of drug-likeness (QED) is 0.605. The molecule has 1 aliphatic heterocycles. The highest BCUT2D eigenvalue weighted by Gasteiger charge is 2.23. The molecule has 2 N–H and O–H groups in total. The number of carbonyl (C=O) groups is 1. The molecular formula is C14H20N6OS2. The van der Waals surface area contributed by atoms with Gasteiger partial charge >= 0.3 is 0 Å². The second-order valence-electron chi connectivity index (χ2n) is 5.56. The van der Waals surface area contributed by atoms with Crippen molar-refractivity contribution in [3.63, 3.8) is 0 Å². The fourth-order valence-electron chi connectivity index (χ4n) is 2.47. The molecule has 2 aromatic heterocycles. The van der Waals surface area contributed by atoms with Crippen molar-refractivity contribution in [2.24, 2.45) is 0 Å². The van der Waals surface area contributed by atoms with E-state index in [0.717, 1.165) is 52.3 Å². The molecule has 9 heteroatoms. The Kier molecular flexibility index (Phi) is 5.29. The third-order valence-electron chi connectivity index (χ3n) is 3.68. The van der Waals surface area contributed by atoms with Crippen LogP contribution in [0.3, 0.4) is 0 Å². The first-order valence-electron chi connectivity index (χ1n) is 7.59. The van der Waals surface area contributed by atoms with E-state index in [0.29, 0.717) is 12.2 Å². The first kappa shape index (κ1) is 16.4. The molecule has 0 fully saturated rings. The Balaban J connectivity index is 1.44. The van der Waals surface area contributed by atoms with Gasteiger partial charge in [-0.25, -0.2) is 0 Å². The number of fused-ring (bicyclic) bond motifs is 1. The third kappa shape index (κ3) is 4.10. The molecule has 0 aromatic carbocycles. The molecule has 1 amide bonds.